The van der Waals surface area contributed by atoms with Crippen LogP contribution in [0.5, 0.6) is 0 Å². The van der Waals surface area contributed by atoms with E-state index in [-0.39, 0.29) is 35.9 Å². The molecule has 0 spiro atoms. The van der Waals surface area contributed by atoms with Gasteiger partial charge in [0.15, 0.2) is 9.84 Å². The number of ether oxygens (including phenoxy) is 1. The zero-order valence-electron chi connectivity index (χ0n) is 12.0. The molecule has 1 rings (SSSR count). The first-order valence-electron chi connectivity index (χ1n) is 6.56. The van der Waals surface area contributed by atoms with Gasteiger partial charge in [0.1, 0.15) is 6.04 Å². The molecule has 1 heterocycles. The summed E-state index contributed by atoms with van der Waals surface area (Å²) >= 11 is 0. The lowest BCUT2D eigenvalue weighted by Gasteiger charge is -2.20. The van der Waals surface area contributed by atoms with Crippen LogP contribution < -0.4 is 10.6 Å². The van der Waals surface area contributed by atoms with Crippen molar-refractivity contribution in [2.24, 2.45) is 5.92 Å². The third-order valence-corrected chi connectivity index (χ3v) is 4.97. The second kappa shape index (κ2) is 7.03. The zero-order valence-corrected chi connectivity index (χ0v) is 12.8. The van der Waals surface area contributed by atoms with Gasteiger partial charge >= 0.3 is 5.97 Å². The van der Waals surface area contributed by atoms with Crippen molar-refractivity contribution >= 4 is 21.7 Å². The van der Waals surface area contributed by atoms with Crippen LogP contribution in [0.3, 0.4) is 0 Å². The van der Waals surface area contributed by atoms with Gasteiger partial charge in [-0.05, 0) is 12.3 Å². The molecule has 1 amide bonds. The van der Waals surface area contributed by atoms with E-state index in [1.165, 1.54) is 7.11 Å². The summed E-state index contributed by atoms with van der Waals surface area (Å²) in [6.45, 7) is 3.64. The molecule has 0 aromatic rings. The lowest BCUT2D eigenvalue weighted by Crippen LogP contribution is -2.48. The van der Waals surface area contributed by atoms with Gasteiger partial charge in [-0.1, -0.05) is 13.8 Å². The Labute approximate surface area is 119 Å². The van der Waals surface area contributed by atoms with Crippen molar-refractivity contribution in [1.82, 2.24) is 10.6 Å². The van der Waals surface area contributed by atoms with Crippen LogP contribution in [-0.4, -0.2) is 57.5 Å². The standard InChI is InChI=1S/C12H22N2O5S/c1-8(2)11(12(16)19-3)13-6-10(15)14-9-4-5-20(17,18)7-9/h8-9,11,13H,4-7H2,1-3H3,(H,14,15). The van der Waals surface area contributed by atoms with Gasteiger partial charge in [0, 0.05) is 6.04 Å². The molecule has 0 bridgehead atoms. The van der Waals surface area contributed by atoms with Crippen molar-refractivity contribution in [3.05, 3.63) is 0 Å². The van der Waals surface area contributed by atoms with Crippen molar-refractivity contribution in [3.8, 4) is 0 Å². The van der Waals surface area contributed by atoms with Crippen LogP contribution in [0.25, 0.3) is 0 Å². The molecule has 8 heteroatoms. The molecule has 1 aliphatic rings. The van der Waals surface area contributed by atoms with E-state index in [4.69, 9.17) is 0 Å². The van der Waals surface area contributed by atoms with Crippen molar-refractivity contribution in [3.63, 3.8) is 0 Å². The molecule has 0 saturated carbocycles. The maximum Gasteiger partial charge on any atom is 0.323 e. The average Bonchev–Trinajstić information content (AvgIpc) is 2.67. The van der Waals surface area contributed by atoms with Crippen LogP contribution in [-0.2, 0) is 24.2 Å². The first-order valence-corrected chi connectivity index (χ1v) is 8.38. The molecule has 2 unspecified atom stereocenters. The summed E-state index contributed by atoms with van der Waals surface area (Å²) in [5.74, 6) is -0.647. The number of esters is 1. The second-order valence-corrected chi connectivity index (χ2v) is 7.52. The molecule has 116 valence electrons. The number of carbonyl (C=O) groups excluding carboxylic acids is 2. The number of carbonyl (C=O) groups is 2. The summed E-state index contributed by atoms with van der Waals surface area (Å²) in [5, 5.41) is 5.48. The van der Waals surface area contributed by atoms with E-state index in [9.17, 15) is 18.0 Å². The van der Waals surface area contributed by atoms with Gasteiger partial charge in [-0.3, -0.25) is 14.9 Å². The number of hydrogen-bond donors (Lipinski definition) is 2. The highest BCUT2D eigenvalue weighted by atomic mass is 32.2. The molecular weight excluding hydrogens is 284 g/mol. The smallest absolute Gasteiger partial charge is 0.323 e. The number of methoxy groups -OCH3 is 1. The fourth-order valence-corrected chi connectivity index (χ4v) is 3.78. The maximum atomic E-state index is 11.7. The number of sulfone groups is 1. The molecule has 20 heavy (non-hydrogen) atoms. The molecule has 1 fully saturated rings. The molecule has 7 nitrogen and oxygen atoms in total. The van der Waals surface area contributed by atoms with Crippen molar-refractivity contribution in [1.29, 1.82) is 0 Å². The molecule has 1 saturated heterocycles. The third kappa shape index (κ3) is 5.09. The number of nitrogens with one attached hydrogen (secondary N) is 2. The molecule has 2 atom stereocenters. The van der Waals surface area contributed by atoms with E-state index in [2.05, 4.69) is 15.4 Å². The minimum Gasteiger partial charge on any atom is -0.468 e. The van der Waals surface area contributed by atoms with Gasteiger partial charge in [0.25, 0.3) is 0 Å². The zero-order chi connectivity index (χ0) is 15.3. The van der Waals surface area contributed by atoms with Gasteiger partial charge < -0.3 is 10.1 Å². The van der Waals surface area contributed by atoms with Crippen LogP contribution in [0.1, 0.15) is 20.3 Å². The Morgan fingerprint density at radius 2 is 2.00 bits per heavy atom. The quantitative estimate of drug-likeness (QED) is 0.615. The minimum atomic E-state index is -3.01. The van der Waals surface area contributed by atoms with Gasteiger partial charge in [-0.2, -0.15) is 0 Å². The summed E-state index contributed by atoms with van der Waals surface area (Å²) in [7, 11) is -1.72. The first kappa shape index (κ1) is 16.9. The Morgan fingerprint density at radius 1 is 1.35 bits per heavy atom. The van der Waals surface area contributed by atoms with E-state index in [0.717, 1.165) is 0 Å². The van der Waals surface area contributed by atoms with Crippen molar-refractivity contribution < 1.29 is 22.7 Å². The molecule has 0 aromatic heterocycles. The predicted molar refractivity (Wildman–Crippen MR) is 73.8 cm³/mol. The SMILES string of the molecule is COC(=O)C(NCC(=O)NC1CCS(=O)(=O)C1)C(C)C. The minimum absolute atomic E-state index is 0.0106. The molecule has 1 aliphatic heterocycles. The fourth-order valence-electron chi connectivity index (χ4n) is 2.11. The second-order valence-electron chi connectivity index (χ2n) is 5.29. The summed E-state index contributed by atoms with van der Waals surface area (Å²) in [6.07, 6.45) is 0.443. The maximum absolute atomic E-state index is 11.7. The molecule has 0 radical (unpaired) electrons. The predicted octanol–water partition coefficient (Wildman–Crippen LogP) is -0.923. The summed E-state index contributed by atoms with van der Waals surface area (Å²) in [4.78, 5) is 23.2. The van der Waals surface area contributed by atoms with E-state index in [1.807, 2.05) is 13.8 Å². The average molecular weight is 306 g/mol. The van der Waals surface area contributed by atoms with Crippen LogP contribution in [0.2, 0.25) is 0 Å². The van der Waals surface area contributed by atoms with Gasteiger partial charge in [0.2, 0.25) is 5.91 Å². The molecule has 0 aromatic carbocycles. The Balaban J connectivity index is 2.41. The highest BCUT2D eigenvalue weighted by molar-refractivity contribution is 7.91. The van der Waals surface area contributed by atoms with E-state index < -0.39 is 21.8 Å². The normalized spacial score (nSPS) is 22.5. The number of rotatable bonds is 6. The molecule has 2 N–H and O–H groups in total. The lowest BCUT2D eigenvalue weighted by molar-refractivity contribution is -0.144. The largest absolute Gasteiger partial charge is 0.468 e. The number of amides is 1. The van der Waals surface area contributed by atoms with Gasteiger partial charge in [-0.15, -0.1) is 0 Å². The van der Waals surface area contributed by atoms with E-state index >= 15 is 0 Å². The highest BCUT2D eigenvalue weighted by Crippen LogP contribution is 2.11. The monoisotopic (exact) mass is 306 g/mol. The fraction of sp³-hybridized carbons (Fsp3) is 0.833. The topological polar surface area (TPSA) is 102 Å². The Bertz CT molecular complexity index is 460. The van der Waals surface area contributed by atoms with Crippen molar-refractivity contribution in [2.45, 2.75) is 32.4 Å². The van der Waals surface area contributed by atoms with Gasteiger partial charge in [-0.25, -0.2) is 8.42 Å². The van der Waals surface area contributed by atoms with E-state index in [1.54, 1.807) is 0 Å². The Morgan fingerprint density at radius 3 is 2.45 bits per heavy atom. The van der Waals surface area contributed by atoms with Crippen LogP contribution in [0.4, 0.5) is 0 Å². The van der Waals surface area contributed by atoms with Crippen LogP contribution >= 0.6 is 0 Å². The highest BCUT2D eigenvalue weighted by Gasteiger charge is 2.29. The van der Waals surface area contributed by atoms with Gasteiger partial charge in [0.05, 0.1) is 25.2 Å². The lowest BCUT2D eigenvalue weighted by atomic mass is 10.0. The molecule has 0 aliphatic carbocycles. The Hall–Kier alpha value is -1.15. The third-order valence-electron chi connectivity index (χ3n) is 3.20. The molecular formula is C12H22N2O5S. The Kier molecular flexibility index (Phi) is 5.94. The number of hydrogen-bond acceptors (Lipinski definition) is 6. The summed E-state index contributed by atoms with van der Waals surface area (Å²) < 4.78 is 27.2. The van der Waals surface area contributed by atoms with Crippen LogP contribution in [0.15, 0.2) is 0 Å². The first-order chi connectivity index (χ1) is 9.25. The van der Waals surface area contributed by atoms with E-state index in [0.29, 0.717) is 6.42 Å². The van der Waals surface area contributed by atoms with Crippen molar-refractivity contribution in [2.75, 3.05) is 25.2 Å². The summed E-state index contributed by atoms with van der Waals surface area (Å²) in [6, 6.07) is -0.886. The summed E-state index contributed by atoms with van der Waals surface area (Å²) in [5.41, 5.74) is 0. The van der Waals surface area contributed by atoms with Crippen LogP contribution in [0, 0.1) is 5.92 Å².